The molecule has 44 heavy (non-hydrogen) atoms. The zero-order valence-electron chi connectivity index (χ0n) is 25.1. The maximum absolute atomic E-state index is 12.3. The summed E-state index contributed by atoms with van der Waals surface area (Å²) in [5, 5.41) is 11.9. The Hall–Kier alpha value is -4.95. The summed E-state index contributed by atoms with van der Waals surface area (Å²) in [7, 11) is 0. The highest BCUT2D eigenvalue weighted by Crippen LogP contribution is 2.34. The molecular weight excluding hydrogens is 552 g/mol. The van der Waals surface area contributed by atoms with Gasteiger partial charge in [0.2, 0.25) is 5.91 Å². The SMILES string of the molecule is CCN(CC)c1ccc(-c2nc(-c3ccc(/C=C/C(=O)NCC4CCCO4)cc3)c(-c3ccc(/C=C/C(=O)O)cc3)[nH]2)cc1. The topological polar surface area (TPSA) is 108 Å². The van der Waals surface area contributed by atoms with Crippen LogP contribution in [0.3, 0.4) is 0 Å². The molecule has 0 aliphatic carbocycles. The highest BCUT2D eigenvalue weighted by Gasteiger charge is 2.17. The van der Waals surface area contributed by atoms with Gasteiger partial charge in [-0.25, -0.2) is 9.78 Å². The summed E-state index contributed by atoms with van der Waals surface area (Å²) in [6.07, 6.45) is 8.17. The molecule has 4 aromatic rings. The number of ether oxygens (including phenoxy) is 1. The number of hydrogen-bond donors (Lipinski definition) is 3. The number of benzene rings is 3. The molecule has 226 valence electrons. The van der Waals surface area contributed by atoms with Gasteiger partial charge in [0.15, 0.2) is 0 Å². The summed E-state index contributed by atoms with van der Waals surface area (Å²) in [6.45, 7) is 7.46. The fourth-order valence-corrected chi connectivity index (χ4v) is 5.28. The smallest absolute Gasteiger partial charge is 0.328 e. The number of H-pyrrole nitrogens is 1. The van der Waals surface area contributed by atoms with Crippen molar-refractivity contribution in [3.05, 3.63) is 96.1 Å². The molecule has 1 aliphatic rings. The third-order valence-corrected chi connectivity index (χ3v) is 7.73. The maximum Gasteiger partial charge on any atom is 0.328 e. The van der Waals surface area contributed by atoms with Crippen LogP contribution in [0.25, 0.3) is 46.1 Å². The third kappa shape index (κ3) is 7.71. The lowest BCUT2D eigenvalue weighted by atomic mass is 10.0. The van der Waals surface area contributed by atoms with E-state index in [0.29, 0.717) is 6.54 Å². The van der Waals surface area contributed by atoms with Crippen molar-refractivity contribution < 1.29 is 19.4 Å². The van der Waals surface area contributed by atoms with Crippen LogP contribution in [0, 0.1) is 0 Å². The van der Waals surface area contributed by atoms with Crippen molar-refractivity contribution in [2.24, 2.45) is 0 Å². The van der Waals surface area contributed by atoms with E-state index in [1.165, 1.54) is 5.69 Å². The number of aromatic amines is 1. The average molecular weight is 591 g/mol. The Morgan fingerprint density at radius 1 is 0.909 bits per heavy atom. The molecule has 1 fully saturated rings. The molecule has 0 saturated carbocycles. The Bertz CT molecular complexity index is 1610. The van der Waals surface area contributed by atoms with Gasteiger partial charge in [-0.2, -0.15) is 0 Å². The molecule has 1 saturated heterocycles. The maximum atomic E-state index is 12.3. The Kier molecular flexibility index (Phi) is 10.0. The van der Waals surface area contributed by atoms with E-state index in [1.54, 1.807) is 18.2 Å². The Labute approximate surface area is 258 Å². The lowest BCUT2D eigenvalue weighted by Crippen LogP contribution is -2.30. The summed E-state index contributed by atoms with van der Waals surface area (Å²) in [5.74, 6) is -0.375. The van der Waals surface area contributed by atoms with Crippen molar-refractivity contribution in [2.75, 3.05) is 31.1 Å². The minimum absolute atomic E-state index is 0.109. The number of carboxylic acid groups (broad SMARTS) is 1. The number of aromatic nitrogens is 2. The minimum atomic E-state index is -0.987. The number of anilines is 1. The van der Waals surface area contributed by atoms with Gasteiger partial charge >= 0.3 is 5.97 Å². The number of nitrogens with zero attached hydrogens (tertiary/aromatic N) is 2. The third-order valence-electron chi connectivity index (χ3n) is 7.73. The van der Waals surface area contributed by atoms with Crippen molar-refractivity contribution >= 4 is 29.7 Å². The minimum Gasteiger partial charge on any atom is -0.478 e. The molecule has 8 heteroatoms. The molecule has 1 aromatic heterocycles. The largest absolute Gasteiger partial charge is 0.478 e. The average Bonchev–Trinajstić information content (AvgIpc) is 3.74. The number of imidazole rings is 1. The number of amides is 1. The van der Waals surface area contributed by atoms with E-state index in [2.05, 4.69) is 53.3 Å². The van der Waals surface area contributed by atoms with Crippen LogP contribution < -0.4 is 10.2 Å². The molecule has 0 spiro atoms. The van der Waals surface area contributed by atoms with Crippen molar-refractivity contribution in [3.63, 3.8) is 0 Å². The first-order chi connectivity index (χ1) is 21.4. The molecule has 0 radical (unpaired) electrons. The zero-order chi connectivity index (χ0) is 30.9. The fourth-order valence-electron chi connectivity index (χ4n) is 5.28. The first kappa shape index (κ1) is 30.5. The van der Waals surface area contributed by atoms with E-state index in [1.807, 2.05) is 48.5 Å². The number of hydrogen-bond acceptors (Lipinski definition) is 5. The predicted molar refractivity (Wildman–Crippen MR) is 176 cm³/mol. The Balaban J connectivity index is 1.41. The molecule has 3 aromatic carbocycles. The van der Waals surface area contributed by atoms with Crippen LogP contribution >= 0.6 is 0 Å². The number of carboxylic acids is 1. The van der Waals surface area contributed by atoms with Crippen molar-refractivity contribution in [3.8, 4) is 33.9 Å². The molecule has 0 bridgehead atoms. The van der Waals surface area contributed by atoms with Crippen molar-refractivity contribution in [2.45, 2.75) is 32.8 Å². The molecule has 2 heterocycles. The Morgan fingerprint density at radius 3 is 2.11 bits per heavy atom. The van der Waals surface area contributed by atoms with E-state index < -0.39 is 5.97 Å². The van der Waals surface area contributed by atoms with Crippen LogP contribution in [-0.2, 0) is 14.3 Å². The fraction of sp³-hybridized carbons (Fsp3) is 0.250. The predicted octanol–water partition coefficient (Wildman–Crippen LogP) is 6.66. The molecule has 1 amide bonds. The number of carbonyl (C=O) groups excluding carboxylic acids is 1. The molecular formula is C36H38N4O4. The molecule has 5 rings (SSSR count). The first-order valence-electron chi connectivity index (χ1n) is 15.1. The monoisotopic (exact) mass is 590 g/mol. The van der Waals surface area contributed by atoms with Crippen LogP contribution in [0.5, 0.6) is 0 Å². The lowest BCUT2D eigenvalue weighted by Gasteiger charge is -2.20. The van der Waals surface area contributed by atoms with Gasteiger partial charge in [-0.3, -0.25) is 4.79 Å². The summed E-state index contributed by atoms with van der Waals surface area (Å²) in [4.78, 5) is 34.1. The van der Waals surface area contributed by atoms with Crippen molar-refractivity contribution in [1.29, 1.82) is 0 Å². The summed E-state index contributed by atoms with van der Waals surface area (Å²) in [5.41, 5.74) is 7.35. The van der Waals surface area contributed by atoms with E-state index >= 15 is 0 Å². The van der Waals surface area contributed by atoms with Crippen LogP contribution in [0.4, 0.5) is 5.69 Å². The quantitative estimate of drug-likeness (QED) is 0.159. The standard InChI is InChI=1S/C36H38N4O4/c1-3-40(4-2)30-19-17-29(18-20-30)36-38-34(35(39-36)28-15-9-26(10-16-28)12-22-33(42)43)27-13-7-25(8-14-27)11-21-32(41)37-24-31-6-5-23-44-31/h7-22,31H,3-6,23-24H2,1-2H3,(H,37,41)(H,38,39)(H,42,43)/b21-11+,22-12+. The van der Waals surface area contributed by atoms with Crippen LogP contribution in [0.15, 0.2) is 84.9 Å². The molecule has 3 N–H and O–H groups in total. The van der Waals surface area contributed by atoms with Gasteiger partial charge in [0.1, 0.15) is 5.82 Å². The number of rotatable bonds is 12. The highest BCUT2D eigenvalue weighted by molar-refractivity contribution is 5.92. The van der Waals surface area contributed by atoms with Gasteiger partial charge in [0, 0.05) is 60.8 Å². The van der Waals surface area contributed by atoms with E-state index in [4.69, 9.17) is 14.8 Å². The second-order valence-corrected chi connectivity index (χ2v) is 10.7. The number of nitrogens with one attached hydrogen (secondary N) is 2. The van der Waals surface area contributed by atoms with E-state index in [0.717, 1.165) is 83.6 Å². The normalized spacial score (nSPS) is 14.8. The molecule has 1 atom stereocenters. The second kappa shape index (κ2) is 14.5. The Morgan fingerprint density at radius 2 is 1.52 bits per heavy atom. The highest BCUT2D eigenvalue weighted by atomic mass is 16.5. The van der Waals surface area contributed by atoms with Crippen LogP contribution in [0.2, 0.25) is 0 Å². The zero-order valence-corrected chi connectivity index (χ0v) is 25.1. The number of aliphatic carboxylic acids is 1. The van der Waals surface area contributed by atoms with Crippen LogP contribution in [-0.4, -0.2) is 59.3 Å². The van der Waals surface area contributed by atoms with Gasteiger partial charge in [0.05, 0.1) is 17.5 Å². The lowest BCUT2D eigenvalue weighted by molar-refractivity contribution is -0.131. The van der Waals surface area contributed by atoms with Gasteiger partial charge in [-0.1, -0.05) is 48.5 Å². The van der Waals surface area contributed by atoms with Crippen molar-refractivity contribution in [1.82, 2.24) is 15.3 Å². The first-order valence-corrected chi connectivity index (χ1v) is 15.1. The molecule has 8 nitrogen and oxygen atoms in total. The van der Waals surface area contributed by atoms with Gasteiger partial charge < -0.3 is 25.0 Å². The molecule has 1 unspecified atom stereocenters. The summed E-state index contributed by atoms with van der Waals surface area (Å²) in [6, 6.07) is 24.0. The number of carbonyl (C=O) groups is 2. The van der Waals surface area contributed by atoms with Gasteiger partial charge in [-0.15, -0.1) is 0 Å². The van der Waals surface area contributed by atoms with Gasteiger partial charge in [0.25, 0.3) is 0 Å². The molecule has 1 aliphatic heterocycles. The van der Waals surface area contributed by atoms with Crippen LogP contribution in [0.1, 0.15) is 37.8 Å². The second-order valence-electron chi connectivity index (χ2n) is 10.7. The van der Waals surface area contributed by atoms with E-state index in [-0.39, 0.29) is 12.0 Å². The summed E-state index contributed by atoms with van der Waals surface area (Å²) >= 11 is 0. The van der Waals surface area contributed by atoms with Gasteiger partial charge in [-0.05, 0) is 74.2 Å². The summed E-state index contributed by atoms with van der Waals surface area (Å²) < 4.78 is 5.57. The van der Waals surface area contributed by atoms with E-state index in [9.17, 15) is 9.59 Å².